The number of hydrogen-bond donors (Lipinski definition) is 2. The second kappa shape index (κ2) is 7.98. The lowest BCUT2D eigenvalue weighted by molar-refractivity contribution is -0.122. The first-order chi connectivity index (χ1) is 13.7. The van der Waals surface area contributed by atoms with Gasteiger partial charge in [-0.3, -0.25) is 4.79 Å². The zero-order chi connectivity index (χ0) is 19.5. The van der Waals surface area contributed by atoms with Gasteiger partial charge in [0.15, 0.2) is 0 Å². The van der Waals surface area contributed by atoms with Gasteiger partial charge in [-0.2, -0.15) is 0 Å². The van der Waals surface area contributed by atoms with Gasteiger partial charge in [0.2, 0.25) is 5.91 Å². The minimum Gasteiger partial charge on any atom is -0.332 e. The Labute approximate surface area is 165 Å². The van der Waals surface area contributed by atoms with Crippen molar-refractivity contribution in [3.05, 3.63) is 84.0 Å². The maximum atomic E-state index is 13.1. The normalized spacial score (nSPS) is 16.4. The van der Waals surface area contributed by atoms with E-state index in [9.17, 15) is 4.79 Å². The minimum atomic E-state index is -0.351. The molecule has 2 heterocycles. The number of imidazole rings is 1. The van der Waals surface area contributed by atoms with Crippen molar-refractivity contribution < 1.29 is 4.79 Å². The second-order valence-corrected chi connectivity index (χ2v) is 7.35. The first-order valence-corrected chi connectivity index (χ1v) is 9.82. The molecular formula is C23H26N4O. The molecule has 1 aliphatic carbocycles. The summed E-state index contributed by atoms with van der Waals surface area (Å²) in [6, 6.07) is 12.4. The lowest BCUT2D eigenvalue weighted by atomic mass is 9.86. The number of carbonyl (C=O) groups is 1. The van der Waals surface area contributed by atoms with Gasteiger partial charge >= 0.3 is 0 Å². The maximum Gasteiger partial charge on any atom is 0.233 e. The topological polar surface area (TPSA) is 58.4 Å². The van der Waals surface area contributed by atoms with E-state index in [1.54, 1.807) is 12.4 Å². The van der Waals surface area contributed by atoms with Gasteiger partial charge in [0.1, 0.15) is 5.65 Å². The van der Waals surface area contributed by atoms with Crippen molar-refractivity contribution in [3.63, 3.8) is 0 Å². The van der Waals surface area contributed by atoms with Crippen LogP contribution in [0.1, 0.15) is 54.3 Å². The number of likely N-dealkylation sites (N-methyl/N-ethyl adjacent to an activating group) is 1. The highest BCUT2D eigenvalue weighted by Crippen LogP contribution is 2.41. The number of aromatic nitrogens is 2. The standard InChI is InChI=1S/C23H26N4O/c1-3-12-26-23(28)21(18-8-6-17(7-9-18)16-4-5-16)22(24-2)19-10-11-20-25-13-14-27(20)15-19/h3,6-16,21-22,24H,4-5H2,1-2H3,(H,26,28)/b12-3-. The summed E-state index contributed by atoms with van der Waals surface area (Å²) in [6.07, 6.45) is 11.8. The van der Waals surface area contributed by atoms with Gasteiger partial charge in [-0.1, -0.05) is 36.4 Å². The average Bonchev–Trinajstić information content (AvgIpc) is 3.47. The van der Waals surface area contributed by atoms with E-state index in [-0.39, 0.29) is 17.9 Å². The Morgan fingerprint density at radius 2 is 1.93 bits per heavy atom. The second-order valence-electron chi connectivity index (χ2n) is 7.35. The molecule has 2 atom stereocenters. The summed E-state index contributed by atoms with van der Waals surface area (Å²) in [4.78, 5) is 17.4. The number of nitrogens with one attached hydrogen (secondary N) is 2. The Morgan fingerprint density at radius 3 is 2.61 bits per heavy atom. The molecule has 4 rings (SSSR count). The fourth-order valence-corrected chi connectivity index (χ4v) is 3.79. The first-order valence-electron chi connectivity index (χ1n) is 9.82. The number of amides is 1. The molecule has 0 saturated heterocycles. The number of carbonyl (C=O) groups excluding carboxylic acids is 1. The maximum absolute atomic E-state index is 13.1. The Balaban J connectivity index is 1.71. The number of hydrogen-bond acceptors (Lipinski definition) is 3. The van der Waals surface area contributed by atoms with Crippen molar-refractivity contribution in [1.82, 2.24) is 20.0 Å². The molecule has 1 fully saturated rings. The summed E-state index contributed by atoms with van der Waals surface area (Å²) in [5, 5.41) is 6.28. The molecule has 2 unspecified atom stereocenters. The molecule has 3 aromatic rings. The van der Waals surface area contributed by atoms with Crippen LogP contribution in [0.5, 0.6) is 0 Å². The predicted octanol–water partition coefficient (Wildman–Crippen LogP) is 3.91. The molecule has 2 aromatic heterocycles. The Hall–Kier alpha value is -2.92. The lowest BCUT2D eigenvalue weighted by Crippen LogP contribution is -2.35. The number of nitrogens with zero attached hydrogens (tertiary/aromatic N) is 2. The molecule has 1 aliphatic rings. The van der Waals surface area contributed by atoms with Crippen molar-refractivity contribution in [2.24, 2.45) is 0 Å². The van der Waals surface area contributed by atoms with E-state index in [0.29, 0.717) is 5.92 Å². The number of fused-ring (bicyclic) bond motifs is 1. The van der Waals surface area contributed by atoms with Gasteiger partial charge < -0.3 is 15.0 Å². The molecule has 0 aliphatic heterocycles. The number of rotatable bonds is 7. The zero-order valence-corrected chi connectivity index (χ0v) is 16.3. The van der Waals surface area contributed by atoms with Gasteiger partial charge in [-0.05, 0) is 61.7 Å². The summed E-state index contributed by atoms with van der Waals surface area (Å²) >= 11 is 0. The molecule has 5 nitrogen and oxygen atoms in total. The van der Waals surface area contributed by atoms with Gasteiger partial charge in [-0.25, -0.2) is 4.98 Å². The van der Waals surface area contributed by atoms with Crippen LogP contribution in [0, 0.1) is 0 Å². The molecule has 1 saturated carbocycles. The van der Waals surface area contributed by atoms with E-state index in [4.69, 9.17) is 0 Å². The van der Waals surface area contributed by atoms with Gasteiger partial charge in [0, 0.05) is 24.6 Å². The number of allylic oxidation sites excluding steroid dienone is 1. The summed E-state index contributed by atoms with van der Waals surface area (Å²) in [6.45, 7) is 1.89. The van der Waals surface area contributed by atoms with Crippen LogP contribution in [-0.4, -0.2) is 22.3 Å². The van der Waals surface area contributed by atoms with E-state index < -0.39 is 0 Å². The molecule has 0 spiro atoms. The van der Waals surface area contributed by atoms with E-state index in [1.165, 1.54) is 18.4 Å². The van der Waals surface area contributed by atoms with E-state index >= 15 is 0 Å². The third-order valence-electron chi connectivity index (χ3n) is 5.43. The number of benzene rings is 1. The summed E-state index contributed by atoms with van der Waals surface area (Å²) in [7, 11) is 1.90. The molecule has 0 bridgehead atoms. The van der Waals surface area contributed by atoms with Crippen molar-refractivity contribution in [1.29, 1.82) is 0 Å². The molecular weight excluding hydrogens is 348 g/mol. The van der Waals surface area contributed by atoms with E-state index in [2.05, 4.69) is 39.9 Å². The fourth-order valence-electron chi connectivity index (χ4n) is 3.79. The molecule has 5 heteroatoms. The highest BCUT2D eigenvalue weighted by molar-refractivity contribution is 5.85. The first kappa shape index (κ1) is 18.4. The van der Waals surface area contributed by atoms with Crippen molar-refractivity contribution in [2.45, 2.75) is 37.6 Å². The van der Waals surface area contributed by atoms with Crippen LogP contribution in [0.2, 0.25) is 0 Å². The summed E-state index contributed by atoms with van der Waals surface area (Å²) < 4.78 is 1.98. The van der Waals surface area contributed by atoms with Crippen LogP contribution in [0.3, 0.4) is 0 Å². The Morgan fingerprint density at radius 1 is 1.18 bits per heavy atom. The molecule has 28 heavy (non-hydrogen) atoms. The minimum absolute atomic E-state index is 0.0256. The Bertz CT molecular complexity index is 985. The molecule has 1 aromatic carbocycles. The van der Waals surface area contributed by atoms with Gasteiger partial charge in [0.25, 0.3) is 0 Å². The van der Waals surface area contributed by atoms with Crippen LogP contribution >= 0.6 is 0 Å². The van der Waals surface area contributed by atoms with E-state index in [0.717, 1.165) is 16.8 Å². The van der Waals surface area contributed by atoms with Crippen LogP contribution in [-0.2, 0) is 4.79 Å². The van der Waals surface area contributed by atoms with Crippen LogP contribution < -0.4 is 10.6 Å². The highest BCUT2D eigenvalue weighted by atomic mass is 16.1. The van der Waals surface area contributed by atoms with Crippen molar-refractivity contribution >= 4 is 11.6 Å². The zero-order valence-electron chi connectivity index (χ0n) is 16.3. The molecule has 1 amide bonds. The van der Waals surface area contributed by atoms with Crippen molar-refractivity contribution in [2.75, 3.05) is 7.05 Å². The molecule has 144 valence electrons. The van der Waals surface area contributed by atoms with Crippen LogP contribution in [0.15, 0.2) is 67.3 Å². The largest absolute Gasteiger partial charge is 0.332 e. The monoisotopic (exact) mass is 374 g/mol. The quantitative estimate of drug-likeness (QED) is 0.659. The SMILES string of the molecule is C/C=C\NC(=O)C(c1ccc(C2CC2)cc1)C(NC)c1ccc2nccn2c1. The fraction of sp³-hybridized carbons (Fsp3) is 0.304. The number of pyridine rings is 1. The Kier molecular flexibility index (Phi) is 5.26. The highest BCUT2D eigenvalue weighted by Gasteiger charge is 2.31. The molecule has 0 radical (unpaired) electrons. The summed E-state index contributed by atoms with van der Waals surface area (Å²) in [5.41, 5.74) is 4.32. The third-order valence-corrected chi connectivity index (χ3v) is 5.43. The average molecular weight is 374 g/mol. The van der Waals surface area contributed by atoms with Crippen LogP contribution in [0.25, 0.3) is 5.65 Å². The van der Waals surface area contributed by atoms with Gasteiger partial charge in [0.05, 0.1) is 5.92 Å². The van der Waals surface area contributed by atoms with E-state index in [1.807, 2.05) is 49.0 Å². The molecule has 2 N–H and O–H groups in total. The van der Waals surface area contributed by atoms with Gasteiger partial charge in [-0.15, -0.1) is 0 Å². The smallest absolute Gasteiger partial charge is 0.233 e. The van der Waals surface area contributed by atoms with Crippen LogP contribution in [0.4, 0.5) is 0 Å². The lowest BCUT2D eigenvalue weighted by Gasteiger charge is -2.27. The van der Waals surface area contributed by atoms with Crippen molar-refractivity contribution in [3.8, 4) is 0 Å². The third kappa shape index (κ3) is 3.71. The summed E-state index contributed by atoms with van der Waals surface area (Å²) in [5.74, 6) is 0.325. The predicted molar refractivity (Wildman–Crippen MR) is 111 cm³/mol.